The lowest BCUT2D eigenvalue weighted by Gasteiger charge is -2.20. The van der Waals surface area contributed by atoms with Crippen molar-refractivity contribution < 1.29 is 19.1 Å². The van der Waals surface area contributed by atoms with Gasteiger partial charge < -0.3 is 20.1 Å². The molecule has 212 valence electrons. The van der Waals surface area contributed by atoms with Crippen LogP contribution in [0.1, 0.15) is 90.1 Å². The molecule has 1 heterocycles. The third-order valence-corrected chi connectivity index (χ3v) is 6.75. The van der Waals surface area contributed by atoms with Crippen LogP contribution in [0.25, 0.3) is 11.3 Å². The number of ether oxygens (including phenoxy) is 2. The third-order valence-electron chi connectivity index (χ3n) is 6.75. The first kappa shape index (κ1) is 31.2. The molecule has 38 heavy (non-hydrogen) atoms. The predicted molar refractivity (Wildman–Crippen MR) is 153 cm³/mol. The SMILES string of the molecule is CCCCCCNC(=O)C[C@H](CC(C)C)NC(=O)c1cc(-c2c(OC)cccc2OC)n(CC(C)CC)n1. The minimum atomic E-state index is -0.288. The molecule has 2 rings (SSSR count). The molecule has 8 heteroatoms. The van der Waals surface area contributed by atoms with E-state index in [0.717, 1.165) is 36.9 Å². The van der Waals surface area contributed by atoms with Gasteiger partial charge in [-0.3, -0.25) is 14.3 Å². The summed E-state index contributed by atoms with van der Waals surface area (Å²) in [5.41, 5.74) is 1.83. The van der Waals surface area contributed by atoms with Gasteiger partial charge in [-0.05, 0) is 42.9 Å². The molecule has 0 spiro atoms. The summed E-state index contributed by atoms with van der Waals surface area (Å²) < 4.78 is 13.1. The molecule has 1 aromatic heterocycles. The van der Waals surface area contributed by atoms with Gasteiger partial charge in [0.05, 0.1) is 25.5 Å². The number of carbonyl (C=O) groups excluding carboxylic acids is 2. The van der Waals surface area contributed by atoms with Gasteiger partial charge in [0.25, 0.3) is 5.91 Å². The van der Waals surface area contributed by atoms with Crippen LogP contribution in [0, 0.1) is 11.8 Å². The molecule has 0 saturated carbocycles. The van der Waals surface area contributed by atoms with E-state index in [1.807, 2.05) is 22.9 Å². The standard InChI is InChI=1S/C30H48N4O4/c1-8-10-11-12-16-31-28(35)18-23(17-21(3)4)32-30(36)24-19-25(34(33-24)20-22(5)9-2)29-26(37-6)14-13-15-27(29)38-7/h13-15,19,21-23H,8-12,16-18,20H2,1-7H3,(H,31,35)(H,32,36)/t22?,23-/m0/s1. The van der Waals surface area contributed by atoms with Gasteiger partial charge in [0.2, 0.25) is 5.91 Å². The summed E-state index contributed by atoms with van der Waals surface area (Å²) in [6, 6.07) is 7.13. The molecule has 0 aliphatic rings. The summed E-state index contributed by atoms with van der Waals surface area (Å²) in [6.45, 7) is 12.0. The average Bonchev–Trinajstić information content (AvgIpc) is 3.30. The van der Waals surface area contributed by atoms with Gasteiger partial charge in [-0.2, -0.15) is 5.10 Å². The van der Waals surface area contributed by atoms with Crippen LogP contribution >= 0.6 is 0 Å². The number of unbranched alkanes of at least 4 members (excludes halogenated alkanes) is 3. The maximum Gasteiger partial charge on any atom is 0.272 e. The molecule has 0 aliphatic carbocycles. The second-order valence-corrected chi connectivity index (χ2v) is 10.6. The van der Waals surface area contributed by atoms with Crippen LogP contribution in [-0.4, -0.2) is 48.4 Å². The monoisotopic (exact) mass is 528 g/mol. The second-order valence-electron chi connectivity index (χ2n) is 10.6. The molecule has 0 saturated heterocycles. The lowest BCUT2D eigenvalue weighted by molar-refractivity contribution is -0.121. The van der Waals surface area contributed by atoms with Crippen molar-refractivity contribution in [1.82, 2.24) is 20.4 Å². The molecule has 0 fully saturated rings. The van der Waals surface area contributed by atoms with Crippen molar-refractivity contribution in [2.45, 2.75) is 92.2 Å². The number of amides is 2. The molecule has 8 nitrogen and oxygen atoms in total. The number of rotatable bonds is 17. The smallest absolute Gasteiger partial charge is 0.272 e. The van der Waals surface area contributed by atoms with Gasteiger partial charge in [-0.25, -0.2) is 0 Å². The Bertz CT molecular complexity index is 995. The van der Waals surface area contributed by atoms with Crippen LogP contribution in [0.2, 0.25) is 0 Å². The van der Waals surface area contributed by atoms with E-state index < -0.39 is 0 Å². The largest absolute Gasteiger partial charge is 0.496 e. The molecule has 2 amide bonds. The highest BCUT2D eigenvalue weighted by Gasteiger charge is 2.24. The van der Waals surface area contributed by atoms with E-state index in [1.54, 1.807) is 20.3 Å². The number of aromatic nitrogens is 2. The van der Waals surface area contributed by atoms with Gasteiger partial charge in [-0.1, -0.05) is 66.4 Å². The number of hydrogen-bond acceptors (Lipinski definition) is 5. The fraction of sp³-hybridized carbons (Fsp3) is 0.633. The summed E-state index contributed by atoms with van der Waals surface area (Å²) in [4.78, 5) is 26.0. The Morgan fingerprint density at radius 3 is 2.29 bits per heavy atom. The highest BCUT2D eigenvalue weighted by molar-refractivity contribution is 5.94. The first-order chi connectivity index (χ1) is 18.2. The Morgan fingerprint density at radius 1 is 1.03 bits per heavy atom. The van der Waals surface area contributed by atoms with Gasteiger partial charge in [0.15, 0.2) is 5.69 Å². The number of carbonyl (C=O) groups is 2. The second kappa shape index (κ2) is 16.0. The Labute approximate surface area is 228 Å². The first-order valence-electron chi connectivity index (χ1n) is 14.1. The van der Waals surface area contributed by atoms with Crippen LogP contribution in [-0.2, 0) is 11.3 Å². The van der Waals surface area contributed by atoms with Crippen molar-refractivity contribution in [3.63, 3.8) is 0 Å². The molecule has 2 N–H and O–H groups in total. The zero-order valence-electron chi connectivity index (χ0n) is 24.4. The van der Waals surface area contributed by atoms with Crippen LogP contribution in [0.15, 0.2) is 24.3 Å². The van der Waals surface area contributed by atoms with E-state index in [1.165, 1.54) is 6.42 Å². The molecular formula is C30H48N4O4. The van der Waals surface area contributed by atoms with E-state index in [9.17, 15) is 9.59 Å². The Hall–Kier alpha value is -3.03. The zero-order valence-corrected chi connectivity index (χ0v) is 24.4. The summed E-state index contributed by atoms with van der Waals surface area (Å²) >= 11 is 0. The lowest BCUT2D eigenvalue weighted by Crippen LogP contribution is -2.40. The van der Waals surface area contributed by atoms with E-state index >= 15 is 0 Å². The fourth-order valence-corrected chi connectivity index (χ4v) is 4.49. The van der Waals surface area contributed by atoms with Crippen molar-refractivity contribution in [2.24, 2.45) is 11.8 Å². The third kappa shape index (κ3) is 9.37. The highest BCUT2D eigenvalue weighted by Crippen LogP contribution is 2.39. The summed E-state index contributed by atoms with van der Waals surface area (Å²) in [6.07, 6.45) is 6.36. The maximum absolute atomic E-state index is 13.4. The van der Waals surface area contributed by atoms with Gasteiger partial charge in [-0.15, -0.1) is 0 Å². The fourth-order valence-electron chi connectivity index (χ4n) is 4.49. The summed E-state index contributed by atoms with van der Waals surface area (Å²) in [5, 5.41) is 10.8. The van der Waals surface area contributed by atoms with Crippen molar-refractivity contribution >= 4 is 11.8 Å². The normalized spacial score (nSPS) is 12.7. The van der Waals surface area contributed by atoms with Crippen LogP contribution in [0.3, 0.4) is 0 Å². The Balaban J connectivity index is 2.29. The minimum absolute atomic E-state index is 0.0332. The molecule has 0 bridgehead atoms. The minimum Gasteiger partial charge on any atom is -0.496 e. The lowest BCUT2D eigenvalue weighted by atomic mass is 10.0. The van der Waals surface area contributed by atoms with E-state index in [0.29, 0.717) is 48.5 Å². The van der Waals surface area contributed by atoms with Crippen molar-refractivity contribution in [1.29, 1.82) is 0 Å². The maximum atomic E-state index is 13.4. The van der Waals surface area contributed by atoms with Crippen molar-refractivity contribution in [2.75, 3.05) is 20.8 Å². The predicted octanol–water partition coefficient (Wildman–Crippen LogP) is 5.84. The van der Waals surface area contributed by atoms with E-state index in [-0.39, 0.29) is 24.3 Å². The van der Waals surface area contributed by atoms with E-state index in [4.69, 9.17) is 14.6 Å². The van der Waals surface area contributed by atoms with Crippen LogP contribution in [0.4, 0.5) is 0 Å². The zero-order chi connectivity index (χ0) is 28.1. The van der Waals surface area contributed by atoms with Crippen LogP contribution < -0.4 is 20.1 Å². The van der Waals surface area contributed by atoms with Gasteiger partial charge in [0, 0.05) is 25.6 Å². The molecule has 0 radical (unpaired) electrons. The molecule has 2 atom stereocenters. The highest BCUT2D eigenvalue weighted by atomic mass is 16.5. The molecule has 1 aromatic carbocycles. The number of methoxy groups -OCH3 is 2. The summed E-state index contributed by atoms with van der Waals surface area (Å²) in [5.74, 6) is 1.66. The van der Waals surface area contributed by atoms with E-state index in [2.05, 4.69) is 45.3 Å². The summed E-state index contributed by atoms with van der Waals surface area (Å²) in [7, 11) is 3.24. The topological polar surface area (TPSA) is 94.5 Å². The number of hydrogen-bond donors (Lipinski definition) is 2. The molecular weight excluding hydrogens is 480 g/mol. The first-order valence-corrected chi connectivity index (χ1v) is 14.1. The van der Waals surface area contributed by atoms with Crippen molar-refractivity contribution in [3.8, 4) is 22.8 Å². The number of nitrogens with one attached hydrogen (secondary N) is 2. The van der Waals surface area contributed by atoms with Crippen LogP contribution in [0.5, 0.6) is 11.5 Å². The molecule has 0 aliphatic heterocycles. The van der Waals surface area contributed by atoms with Gasteiger partial charge >= 0.3 is 0 Å². The Kier molecular flexibility index (Phi) is 13.2. The van der Waals surface area contributed by atoms with Crippen molar-refractivity contribution in [3.05, 3.63) is 30.0 Å². The number of nitrogens with zero attached hydrogens (tertiary/aromatic N) is 2. The molecule has 2 aromatic rings. The van der Waals surface area contributed by atoms with Gasteiger partial charge in [0.1, 0.15) is 11.5 Å². The Morgan fingerprint density at radius 2 is 1.71 bits per heavy atom. The number of benzene rings is 1. The average molecular weight is 529 g/mol. The molecule has 1 unspecified atom stereocenters. The quantitative estimate of drug-likeness (QED) is 0.251.